The molecule has 33 heavy (non-hydrogen) atoms. The lowest BCUT2D eigenvalue weighted by Gasteiger charge is -2.27. The van der Waals surface area contributed by atoms with Crippen molar-refractivity contribution in [3.63, 3.8) is 0 Å². The third kappa shape index (κ3) is 6.41. The van der Waals surface area contributed by atoms with E-state index in [0.717, 1.165) is 12.4 Å². The molecule has 2 aliphatic rings. The molecule has 7 nitrogen and oxygen atoms in total. The van der Waals surface area contributed by atoms with Crippen molar-refractivity contribution in [2.45, 2.75) is 12.6 Å². The van der Waals surface area contributed by atoms with Gasteiger partial charge in [0.2, 0.25) is 5.91 Å². The van der Waals surface area contributed by atoms with Crippen molar-refractivity contribution in [3.8, 4) is 0 Å². The fourth-order valence-electron chi connectivity index (χ4n) is 3.94. The molecule has 1 aromatic carbocycles. The summed E-state index contributed by atoms with van der Waals surface area (Å²) in [6.45, 7) is 3.39. The molecule has 0 radical (unpaired) electrons. The Morgan fingerprint density at radius 3 is 2.64 bits per heavy atom. The number of amides is 1. The van der Waals surface area contributed by atoms with Gasteiger partial charge in [0.25, 0.3) is 0 Å². The predicted octanol–water partition coefficient (Wildman–Crippen LogP) is 2.98. The first-order valence-electron chi connectivity index (χ1n) is 10.1. The molecule has 1 aromatic heterocycles. The van der Waals surface area contributed by atoms with Crippen LogP contribution >= 0.6 is 0 Å². The summed E-state index contributed by atoms with van der Waals surface area (Å²) >= 11 is 0. The number of rotatable bonds is 5. The van der Waals surface area contributed by atoms with Crippen LogP contribution in [-0.2, 0) is 20.7 Å². The number of pyridine rings is 1. The highest BCUT2D eigenvalue weighted by Crippen LogP contribution is 2.41. The number of aliphatic carboxylic acids is 1. The highest BCUT2D eigenvalue weighted by Gasteiger charge is 2.51. The van der Waals surface area contributed by atoms with Gasteiger partial charge >= 0.3 is 12.1 Å². The molecular weight excluding hydrogens is 446 g/mol. The van der Waals surface area contributed by atoms with Gasteiger partial charge in [-0.15, -0.1) is 0 Å². The van der Waals surface area contributed by atoms with Crippen molar-refractivity contribution in [1.82, 2.24) is 9.88 Å². The Hall–Kier alpha value is -3.21. The summed E-state index contributed by atoms with van der Waals surface area (Å²) in [6.07, 6.45) is -3.10. The second-order valence-electron chi connectivity index (χ2n) is 8.03. The van der Waals surface area contributed by atoms with E-state index in [4.69, 9.17) is 14.6 Å². The summed E-state index contributed by atoms with van der Waals surface area (Å²) in [6, 6.07) is 12.0. The lowest BCUT2D eigenvalue weighted by molar-refractivity contribution is -0.192. The zero-order valence-corrected chi connectivity index (χ0v) is 17.5. The third-order valence-electron chi connectivity index (χ3n) is 5.65. The van der Waals surface area contributed by atoms with Gasteiger partial charge in [-0.2, -0.15) is 13.2 Å². The minimum Gasteiger partial charge on any atom is -0.475 e. The lowest BCUT2D eigenvalue weighted by Crippen LogP contribution is -2.39. The van der Waals surface area contributed by atoms with E-state index < -0.39 is 12.1 Å². The Morgan fingerprint density at radius 2 is 2.00 bits per heavy atom. The molecule has 0 aliphatic carbocycles. The molecule has 2 atom stereocenters. The van der Waals surface area contributed by atoms with Gasteiger partial charge in [0, 0.05) is 37.2 Å². The number of nitrogens with zero attached hydrogens (tertiary/aromatic N) is 2. The van der Waals surface area contributed by atoms with Crippen LogP contribution in [0.15, 0.2) is 48.7 Å². The first-order valence-corrected chi connectivity index (χ1v) is 10.1. The number of benzene rings is 1. The Morgan fingerprint density at radius 1 is 1.24 bits per heavy atom. The topological polar surface area (TPSA) is 91.8 Å². The number of ether oxygens (including phenoxy) is 1. The van der Waals surface area contributed by atoms with E-state index in [1.54, 1.807) is 18.3 Å². The van der Waals surface area contributed by atoms with Gasteiger partial charge in [-0.25, -0.2) is 14.2 Å². The van der Waals surface area contributed by atoms with Crippen molar-refractivity contribution in [1.29, 1.82) is 0 Å². The number of anilines is 1. The minimum atomic E-state index is -5.08. The number of likely N-dealkylation sites (tertiary alicyclic amines) is 1. The number of hydrogen-bond acceptors (Lipinski definition) is 5. The maximum atomic E-state index is 13.3. The second kappa shape index (κ2) is 10.2. The molecule has 2 aromatic rings. The number of carboxylic acid groups (broad SMARTS) is 1. The Kier molecular flexibility index (Phi) is 7.52. The third-order valence-corrected chi connectivity index (χ3v) is 5.65. The highest BCUT2D eigenvalue weighted by atomic mass is 19.4. The zero-order valence-electron chi connectivity index (χ0n) is 17.5. The molecule has 0 saturated carbocycles. The molecule has 4 rings (SSSR count). The van der Waals surface area contributed by atoms with Gasteiger partial charge in [-0.1, -0.05) is 18.2 Å². The maximum Gasteiger partial charge on any atom is 0.490 e. The average Bonchev–Trinajstić information content (AvgIpc) is 3.30. The number of carbonyl (C=O) groups excluding carboxylic acids is 1. The van der Waals surface area contributed by atoms with Crippen LogP contribution in [0.3, 0.4) is 0 Å². The van der Waals surface area contributed by atoms with Gasteiger partial charge < -0.3 is 20.1 Å². The number of fused-ring (bicyclic) bond motifs is 1. The number of nitrogens with one attached hydrogen (secondary N) is 1. The molecular formula is C22H23F4N3O4. The Balaban J connectivity index is 0.000000383. The van der Waals surface area contributed by atoms with Crippen LogP contribution in [0, 0.1) is 17.2 Å². The second-order valence-corrected chi connectivity index (χ2v) is 8.03. The summed E-state index contributed by atoms with van der Waals surface area (Å²) in [7, 11) is 0. The van der Waals surface area contributed by atoms with Crippen LogP contribution in [0.2, 0.25) is 0 Å². The molecule has 2 fully saturated rings. The van der Waals surface area contributed by atoms with Crippen LogP contribution in [0.1, 0.15) is 5.56 Å². The van der Waals surface area contributed by atoms with Crippen LogP contribution in [-0.4, -0.2) is 65.9 Å². The molecule has 2 aliphatic heterocycles. The van der Waals surface area contributed by atoms with E-state index in [-0.39, 0.29) is 23.6 Å². The monoisotopic (exact) mass is 469 g/mol. The molecule has 178 valence electrons. The maximum absolute atomic E-state index is 13.3. The van der Waals surface area contributed by atoms with E-state index in [1.807, 2.05) is 23.1 Å². The van der Waals surface area contributed by atoms with E-state index >= 15 is 0 Å². The molecule has 0 spiro atoms. The van der Waals surface area contributed by atoms with Crippen LogP contribution in [0.25, 0.3) is 0 Å². The molecule has 0 bridgehead atoms. The first-order chi connectivity index (χ1) is 15.6. The SMILES string of the molecule is O=C(Cc1cccc(F)c1)N1C[C@@H]2COC[C@]2(CNc2ccccn2)C1.O=C(O)C(F)(F)F. The van der Waals surface area contributed by atoms with E-state index in [9.17, 15) is 22.4 Å². The minimum absolute atomic E-state index is 0.0437. The summed E-state index contributed by atoms with van der Waals surface area (Å²) in [5.41, 5.74) is 0.624. The first kappa shape index (κ1) is 24.4. The Bertz CT molecular complexity index is 974. The fourth-order valence-corrected chi connectivity index (χ4v) is 3.94. The van der Waals surface area contributed by atoms with E-state index in [0.29, 0.717) is 37.8 Å². The largest absolute Gasteiger partial charge is 0.490 e. The molecule has 0 unspecified atom stereocenters. The summed E-state index contributed by atoms with van der Waals surface area (Å²) in [5.74, 6) is -1.88. The summed E-state index contributed by atoms with van der Waals surface area (Å²) in [5, 5.41) is 10.5. The molecule has 11 heteroatoms. The van der Waals surface area contributed by atoms with Crippen LogP contribution in [0.5, 0.6) is 0 Å². The molecule has 3 heterocycles. The van der Waals surface area contributed by atoms with Gasteiger partial charge in [-0.3, -0.25) is 4.79 Å². The van der Waals surface area contributed by atoms with Crippen molar-refractivity contribution in [2.75, 3.05) is 38.2 Å². The molecule has 2 N–H and O–H groups in total. The van der Waals surface area contributed by atoms with E-state index in [1.165, 1.54) is 12.1 Å². The lowest BCUT2D eigenvalue weighted by atomic mass is 9.81. The molecule has 1 amide bonds. The van der Waals surface area contributed by atoms with E-state index in [2.05, 4.69) is 10.3 Å². The van der Waals surface area contributed by atoms with Gasteiger partial charge in [0.15, 0.2) is 0 Å². The Labute approximate surface area is 187 Å². The van der Waals surface area contributed by atoms with Gasteiger partial charge in [0.1, 0.15) is 11.6 Å². The quantitative estimate of drug-likeness (QED) is 0.655. The van der Waals surface area contributed by atoms with Crippen LogP contribution in [0.4, 0.5) is 23.4 Å². The summed E-state index contributed by atoms with van der Waals surface area (Å²) < 4.78 is 50.8. The summed E-state index contributed by atoms with van der Waals surface area (Å²) in [4.78, 5) is 27.8. The number of aromatic nitrogens is 1. The smallest absolute Gasteiger partial charge is 0.475 e. The molecule has 2 saturated heterocycles. The van der Waals surface area contributed by atoms with Gasteiger partial charge in [-0.05, 0) is 29.8 Å². The fraction of sp³-hybridized carbons (Fsp3) is 0.409. The van der Waals surface area contributed by atoms with Crippen LogP contribution < -0.4 is 5.32 Å². The van der Waals surface area contributed by atoms with Crippen molar-refractivity contribution in [3.05, 3.63) is 60.0 Å². The number of alkyl halides is 3. The number of carbonyl (C=O) groups is 2. The number of carboxylic acids is 1. The van der Waals surface area contributed by atoms with Gasteiger partial charge in [0.05, 0.1) is 19.6 Å². The standard InChI is InChI=1S/C20H22FN3O2.C2HF3O2/c21-17-5-3-4-15(8-17)9-19(25)24-10-16-11-26-14-20(16,13-24)12-23-18-6-1-2-7-22-18;3-2(4,5)1(6)7/h1-8,16H,9-14H2,(H,22,23);(H,6,7)/t16-,20+;/m1./s1. The number of halogens is 4. The average molecular weight is 469 g/mol. The zero-order chi connectivity index (χ0) is 24.1. The van der Waals surface area contributed by atoms with Crippen molar-refractivity contribution < 1.29 is 37.0 Å². The van der Waals surface area contributed by atoms with Crippen molar-refractivity contribution in [2.24, 2.45) is 11.3 Å². The predicted molar refractivity (Wildman–Crippen MR) is 110 cm³/mol. The highest BCUT2D eigenvalue weighted by molar-refractivity contribution is 5.79. The normalized spacial score (nSPS) is 21.7. The number of hydrogen-bond donors (Lipinski definition) is 2. The van der Waals surface area contributed by atoms with Crippen molar-refractivity contribution >= 4 is 17.7 Å².